The number of carbonyl (C=O) groups is 2. The number of nitrogens with zero attached hydrogens (tertiary/aromatic N) is 1. The highest BCUT2D eigenvalue weighted by atomic mass is 35.5. The molecule has 204 valence electrons. The van der Waals surface area contributed by atoms with Crippen LogP contribution in [0.25, 0.3) is 0 Å². The molecule has 1 amide bonds. The lowest BCUT2D eigenvalue weighted by molar-refractivity contribution is -0.132. The van der Waals surface area contributed by atoms with Gasteiger partial charge in [-0.1, -0.05) is 41.4 Å². The lowest BCUT2D eigenvalue weighted by Gasteiger charge is -2.55. The van der Waals surface area contributed by atoms with Crippen molar-refractivity contribution in [2.45, 2.75) is 63.0 Å². The molecule has 38 heavy (non-hydrogen) atoms. The van der Waals surface area contributed by atoms with Crippen molar-refractivity contribution in [1.29, 1.82) is 0 Å². The fourth-order valence-corrected chi connectivity index (χ4v) is 6.93. The number of rotatable bonds is 8. The lowest BCUT2D eigenvalue weighted by Crippen LogP contribution is -2.61. The largest absolute Gasteiger partial charge is 0.427 e. The minimum absolute atomic E-state index is 0.00147. The molecule has 8 heteroatoms. The van der Waals surface area contributed by atoms with Gasteiger partial charge in [0.05, 0.1) is 22.6 Å². The molecule has 2 aliphatic carbocycles. The summed E-state index contributed by atoms with van der Waals surface area (Å²) in [6.45, 7) is 4.55. The summed E-state index contributed by atoms with van der Waals surface area (Å²) in [4.78, 5) is 27.4. The van der Waals surface area contributed by atoms with E-state index in [1.807, 2.05) is 24.3 Å². The second-order valence-corrected chi connectivity index (χ2v) is 12.1. The second kappa shape index (κ2) is 11.5. The highest BCUT2D eigenvalue weighted by Gasteiger charge is 2.53. The Bertz CT molecular complexity index is 1190. The standard InChI is InChI=1S/C30H36Cl2N2O4/c1-19(35)38-24-5-3-4-22(14-24)30-10-11-34(17-20-6-7-20)18-25(30)28(37-2)15-23(16-30)33-29(36)13-21-8-9-26(31)27(32)12-21/h3-5,8-9,12,14,20,23,25,28H,6-7,10-11,13,15-18H2,1-2H3,(H,33,36)/t23-,25+,28?,30+/m1/s1. The van der Waals surface area contributed by atoms with Gasteiger partial charge in [-0.05, 0) is 80.0 Å². The number of hydrogen-bond acceptors (Lipinski definition) is 5. The average Bonchev–Trinajstić information content (AvgIpc) is 3.70. The van der Waals surface area contributed by atoms with E-state index < -0.39 is 0 Å². The third-order valence-electron chi connectivity index (χ3n) is 8.52. The maximum absolute atomic E-state index is 13.1. The van der Waals surface area contributed by atoms with Crippen molar-refractivity contribution >= 4 is 35.1 Å². The fraction of sp³-hybridized carbons (Fsp3) is 0.533. The number of amides is 1. The molecule has 6 nitrogen and oxygen atoms in total. The zero-order valence-corrected chi connectivity index (χ0v) is 23.6. The van der Waals surface area contributed by atoms with Crippen molar-refractivity contribution in [1.82, 2.24) is 10.2 Å². The van der Waals surface area contributed by atoms with Gasteiger partial charge in [-0.15, -0.1) is 0 Å². The first kappa shape index (κ1) is 27.4. The summed E-state index contributed by atoms with van der Waals surface area (Å²) in [6.07, 6.45) is 5.43. The molecular formula is C30H36Cl2N2O4. The van der Waals surface area contributed by atoms with Gasteiger partial charge in [0, 0.05) is 44.5 Å². The van der Waals surface area contributed by atoms with Gasteiger partial charge < -0.3 is 19.7 Å². The van der Waals surface area contributed by atoms with E-state index in [2.05, 4.69) is 16.3 Å². The van der Waals surface area contributed by atoms with Crippen LogP contribution in [0, 0.1) is 11.8 Å². The highest BCUT2D eigenvalue weighted by molar-refractivity contribution is 6.42. The number of benzene rings is 2. The van der Waals surface area contributed by atoms with E-state index in [9.17, 15) is 9.59 Å². The van der Waals surface area contributed by atoms with Crippen molar-refractivity contribution in [3.8, 4) is 5.75 Å². The molecule has 0 spiro atoms. The number of hydrogen-bond donors (Lipinski definition) is 1. The lowest BCUT2D eigenvalue weighted by atomic mass is 9.57. The number of esters is 1. The maximum atomic E-state index is 13.1. The monoisotopic (exact) mass is 558 g/mol. The zero-order chi connectivity index (χ0) is 26.9. The summed E-state index contributed by atoms with van der Waals surface area (Å²) in [5.41, 5.74) is 1.78. The molecule has 3 fully saturated rings. The maximum Gasteiger partial charge on any atom is 0.308 e. The SMILES string of the molecule is COC1C[C@@H](NC(=O)Cc2ccc(Cl)c(Cl)c2)C[C@]2(c3cccc(OC(C)=O)c3)CCN(CC3CC3)C[C@@H]12. The quantitative estimate of drug-likeness (QED) is 0.346. The van der Waals surface area contributed by atoms with Gasteiger partial charge in [-0.25, -0.2) is 0 Å². The Morgan fingerprint density at radius 1 is 1.13 bits per heavy atom. The Kier molecular flexibility index (Phi) is 8.34. The Morgan fingerprint density at radius 3 is 2.66 bits per heavy atom. The molecule has 1 N–H and O–H groups in total. The predicted octanol–water partition coefficient (Wildman–Crippen LogP) is 5.42. The molecule has 2 aromatic carbocycles. The van der Waals surface area contributed by atoms with Crippen LogP contribution in [-0.2, 0) is 26.2 Å². The normalized spacial score (nSPS) is 27.4. The molecule has 1 saturated heterocycles. The fourth-order valence-electron chi connectivity index (χ4n) is 6.61. The zero-order valence-electron chi connectivity index (χ0n) is 22.1. The van der Waals surface area contributed by atoms with Crippen LogP contribution in [0.2, 0.25) is 10.0 Å². The van der Waals surface area contributed by atoms with Crippen molar-refractivity contribution < 1.29 is 19.1 Å². The Morgan fingerprint density at radius 2 is 1.95 bits per heavy atom. The summed E-state index contributed by atoms with van der Waals surface area (Å²) in [7, 11) is 1.78. The summed E-state index contributed by atoms with van der Waals surface area (Å²) in [5, 5.41) is 4.22. The Labute approximate surface area is 235 Å². The second-order valence-electron chi connectivity index (χ2n) is 11.2. The topological polar surface area (TPSA) is 67.9 Å². The van der Waals surface area contributed by atoms with Crippen LogP contribution in [0.5, 0.6) is 5.75 Å². The molecule has 0 radical (unpaired) electrons. The van der Waals surface area contributed by atoms with Crippen LogP contribution in [0.3, 0.4) is 0 Å². The van der Waals surface area contributed by atoms with Gasteiger partial charge in [-0.3, -0.25) is 9.59 Å². The summed E-state index contributed by atoms with van der Waals surface area (Å²) >= 11 is 12.2. The first-order valence-electron chi connectivity index (χ1n) is 13.5. The molecule has 5 rings (SSSR count). The minimum atomic E-state index is -0.332. The number of likely N-dealkylation sites (tertiary alicyclic amines) is 1. The minimum Gasteiger partial charge on any atom is -0.427 e. The number of halogens is 2. The average molecular weight is 560 g/mol. The molecule has 1 unspecified atom stereocenters. The number of ether oxygens (including phenoxy) is 2. The summed E-state index contributed by atoms with van der Waals surface area (Å²) in [5.74, 6) is 1.28. The predicted molar refractivity (Wildman–Crippen MR) is 149 cm³/mol. The molecule has 3 aliphatic rings. The number of carbonyl (C=O) groups excluding carboxylic acids is 2. The number of nitrogens with one attached hydrogen (secondary N) is 1. The van der Waals surface area contributed by atoms with Crippen molar-refractivity contribution in [2.75, 3.05) is 26.7 Å². The molecule has 0 bridgehead atoms. The molecule has 0 aromatic heterocycles. The third-order valence-corrected chi connectivity index (χ3v) is 9.25. The van der Waals surface area contributed by atoms with E-state index in [0.29, 0.717) is 15.8 Å². The van der Waals surface area contributed by atoms with Crippen LogP contribution in [-0.4, -0.2) is 55.7 Å². The Balaban J connectivity index is 1.40. The molecular weight excluding hydrogens is 523 g/mol. The van der Waals surface area contributed by atoms with E-state index in [0.717, 1.165) is 55.9 Å². The van der Waals surface area contributed by atoms with Gasteiger partial charge in [0.1, 0.15) is 5.75 Å². The van der Waals surface area contributed by atoms with E-state index in [1.165, 1.54) is 19.8 Å². The van der Waals surface area contributed by atoms with E-state index in [1.54, 1.807) is 19.2 Å². The van der Waals surface area contributed by atoms with Crippen LogP contribution in [0.15, 0.2) is 42.5 Å². The van der Waals surface area contributed by atoms with Crippen molar-refractivity contribution in [2.24, 2.45) is 11.8 Å². The molecule has 1 heterocycles. The van der Waals surface area contributed by atoms with Crippen LogP contribution >= 0.6 is 23.2 Å². The van der Waals surface area contributed by atoms with Crippen molar-refractivity contribution in [3.63, 3.8) is 0 Å². The third kappa shape index (κ3) is 6.20. The van der Waals surface area contributed by atoms with E-state index >= 15 is 0 Å². The van der Waals surface area contributed by atoms with Crippen LogP contribution in [0.4, 0.5) is 0 Å². The molecule has 1 aliphatic heterocycles. The smallest absolute Gasteiger partial charge is 0.308 e. The Hall–Kier alpha value is -2.12. The molecule has 2 saturated carbocycles. The first-order valence-corrected chi connectivity index (χ1v) is 14.3. The van der Waals surface area contributed by atoms with Gasteiger partial charge in [0.15, 0.2) is 0 Å². The summed E-state index contributed by atoms with van der Waals surface area (Å²) in [6, 6.07) is 13.2. The number of methoxy groups -OCH3 is 1. The van der Waals surface area contributed by atoms with Crippen LogP contribution in [0.1, 0.15) is 50.2 Å². The first-order chi connectivity index (χ1) is 18.3. The van der Waals surface area contributed by atoms with Crippen LogP contribution < -0.4 is 10.1 Å². The highest BCUT2D eigenvalue weighted by Crippen LogP contribution is 2.51. The van der Waals surface area contributed by atoms with E-state index in [4.69, 9.17) is 32.7 Å². The van der Waals surface area contributed by atoms with Gasteiger partial charge in [0.2, 0.25) is 5.91 Å². The number of piperidine rings is 1. The van der Waals surface area contributed by atoms with Gasteiger partial charge >= 0.3 is 5.97 Å². The molecule has 2 aromatic rings. The van der Waals surface area contributed by atoms with Gasteiger partial charge in [0.25, 0.3) is 0 Å². The molecule has 4 atom stereocenters. The number of fused-ring (bicyclic) bond motifs is 1. The summed E-state index contributed by atoms with van der Waals surface area (Å²) < 4.78 is 11.6. The van der Waals surface area contributed by atoms with E-state index in [-0.39, 0.29) is 41.8 Å². The van der Waals surface area contributed by atoms with Crippen molar-refractivity contribution in [3.05, 3.63) is 63.6 Å². The van der Waals surface area contributed by atoms with Gasteiger partial charge in [-0.2, -0.15) is 0 Å².